The minimum atomic E-state index is -0.520. The van der Waals surface area contributed by atoms with Gasteiger partial charge in [0.05, 0.1) is 16.5 Å². The van der Waals surface area contributed by atoms with Gasteiger partial charge >= 0.3 is 0 Å². The van der Waals surface area contributed by atoms with Gasteiger partial charge in [0.1, 0.15) is 5.82 Å². The van der Waals surface area contributed by atoms with E-state index in [2.05, 4.69) is 20.9 Å². The molecule has 4 aromatic rings. The van der Waals surface area contributed by atoms with Crippen molar-refractivity contribution in [1.82, 2.24) is 10.3 Å². The quantitative estimate of drug-likeness (QED) is 0.407. The molecule has 0 aliphatic heterocycles. The molecule has 30 heavy (non-hydrogen) atoms. The maximum atomic E-state index is 13.3. The third-order valence-electron chi connectivity index (χ3n) is 3.93. The number of hydrogen-bond donors (Lipinski definition) is 3. The van der Waals surface area contributed by atoms with Crippen molar-refractivity contribution in [3.8, 4) is 0 Å². The number of aromatic nitrogens is 1. The largest absolute Gasteiger partial charge is 0.459 e. The Morgan fingerprint density at radius 2 is 1.90 bits per heavy atom. The highest BCUT2D eigenvalue weighted by molar-refractivity contribution is 7.80. The second kappa shape index (κ2) is 8.39. The summed E-state index contributed by atoms with van der Waals surface area (Å²) in [5.41, 5.74) is 1.48. The maximum absolute atomic E-state index is 13.3. The molecule has 150 valence electrons. The van der Waals surface area contributed by atoms with Crippen LogP contribution in [0.1, 0.15) is 20.9 Å². The van der Waals surface area contributed by atoms with Gasteiger partial charge in [0, 0.05) is 11.3 Å². The SMILES string of the molecule is O=C(NC(=S)Nc1ccc2nc(NC(=O)c3ccco3)sc2c1)c1cccc(F)c1. The van der Waals surface area contributed by atoms with Crippen LogP contribution in [0.2, 0.25) is 0 Å². The fourth-order valence-electron chi connectivity index (χ4n) is 2.59. The summed E-state index contributed by atoms with van der Waals surface area (Å²) < 4.78 is 19.1. The van der Waals surface area contributed by atoms with Crippen molar-refractivity contribution in [2.24, 2.45) is 0 Å². The van der Waals surface area contributed by atoms with Gasteiger partial charge in [0.15, 0.2) is 16.0 Å². The molecule has 0 radical (unpaired) electrons. The molecule has 0 fully saturated rings. The summed E-state index contributed by atoms with van der Waals surface area (Å²) in [5.74, 6) is -1.23. The van der Waals surface area contributed by atoms with Crippen LogP contribution in [0.15, 0.2) is 65.3 Å². The number of rotatable bonds is 4. The van der Waals surface area contributed by atoms with E-state index in [4.69, 9.17) is 16.6 Å². The molecule has 0 spiro atoms. The van der Waals surface area contributed by atoms with E-state index in [9.17, 15) is 14.0 Å². The number of anilines is 2. The third-order valence-corrected chi connectivity index (χ3v) is 5.06. The number of hydrogen-bond acceptors (Lipinski definition) is 6. The Morgan fingerprint density at radius 3 is 2.67 bits per heavy atom. The van der Waals surface area contributed by atoms with E-state index in [1.54, 1.807) is 30.3 Å². The molecule has 2 amide bonds. The van der Waals surface area contributed by atoms with Crippen molar-refractivity contribution in [2.75, 3.05) is 10.6 Å². The topological polar surface area (TPSA) is 96.3 Å². The maximum Gasteiger partial charge on any atom is 0.293 e. The Balaban J connectivity index is 1.42. The molecule has 2 aromatic carbocycles. The van der Waals surface area contributed by atoms with E-state index in [0.29, 0.717) is 16.3 Å². The van der Waals surface area contributed by atoms with Gasteiger partial charge in [-0.2, -0.15) is 0 Å². The van der Waals surface area contributed by atoms with Crippen molar-refractivity contribution in [1.29, 1.82) is 0 Å². The smallest absolute Gasteiger partial charge is 0.293 e. The first kappa shape index (κ1) is 19.7. The van der Waals surface area contributed by atoms with Crippen LogP contribution in [0, 0.1) is 5.82 Å². The summed E-state index contributed by atoms with van der Waals surface area (Å²) >= 11 is 6.44. The first-order chi connectivity index (χ1) is 14.5. The number of thiocarbonyl (C=S) groups is 1. The number of halogens is 1. The summed E-state index contributed by atoms with van der Waals surface area (Å²) in [6, 6.07) is 13.8. The summed E-state index contributed by atoms with van der Waals surface area (Å²) in [7, 11) is 0. The van der Waals surface area contributed by atoms with Gasteiger partial charge in [0.2, 0.25) is 0 Å². The molecule has 0 aliphatic rings. The lowest BCUT2D eigenvalue weighted by Crippen LogP contribution is -2.34. The van der Waals surface area contributed by atoms with Crippen LogP contribution in [0.4, 0.5) is 15.2 Å². The zero-order chi connectivity index (χ0) is 21.1. The first-order valence-corrected chi connectivity index (χ1v) is 9.84. The second-order valence-electron chi connectivity index (χ2n) is 6.05. The fraction of sp³-hybridized carbons (Fsp3) is 0. The predicted molar refractivity (Wildman–Crippen MR) is 116 cm³/mol. The van der Waals surface area contributed by atoms with Crippen LogP contribution in [-0.4, -0.2) is 21.9 Å². The molecule has 0 unspecified atom stereocenters. The van der Waals surface area contributed by atoms with E-state index >= 15 is 0 Å². The van der Waals surface area contributed by atoms with Crippen LogP contribution in [0.3, 0.4) is 0 Å². The van der Waals surface area contributed by atoms with Gasteiger partial charge in [-0.3, -0.25) is 20.2 Å². The number of carbonyl (C=O) groups is 2. The van der Waals surface area contributed by atoms with E-state index in [1.165, 1.54) is 35.8 Å². The zero-order valence-corrected chi connectivity index (χ0v) is 16.8. The van der Waals surface area contributed by atoms with Gasteiger partial charge in [-0.1, -0.05) is 17.4 Å². The number of nitrogens with zero attached hydrogens (tertiary/aromatic N) is 1. The van der Waals surface area contributed by atoms with Gasteiger partial charge in [0.25, 0.3) is 11.8 Å². The molecule has 2 heterocycles. The van der Waals surface area contributed by atoms with Crippen molar-refractivity contribution >= 4 is 61.5 Å². The number of furan rings is 1. The van der Waals surface area contributed by atoms with Crippen LogP contribution in [0.25, 0.3) is 10.2 Å². The normalized spacial score (nSPS) is 10.6. The van der Waals surface area contributed by atoms with Gasteiger partial charge in [-0.05, 0) is 60.7 Å². The van der Waals surface area contributed by atoms with Crippen molar-refractivity contribution < 1.29 is 18.4 Å². The number of benzene rings is 2. The van der Waals surface area contributed by atoms with Gasteiger partial charge < -0.3 is 9.73 Å². The lowest BCUT2D eigenvalue weighted by molar-refractivity contribution is 0.0974. The molecule has 0 saturated heterocycles. The van der Waals surface area contributed by atoms with E-state index < -0.39 is 17.6 Å². The predicted octanol–water partition coefficient (Wildman–Crippen LogP) is 4.41. The lowest BCUT2D eigenvalue weighted by atomic mass is 10.2. The Morgan fingerprint density at radius 1 is 1.03 bits per heavy atom. The minimum absolute atomic E-state index is 0.0690. The highest BCUT2D eigenvalue weighted by Gasteiger charge is 2.13. The number of thiazole rings is 1. The molecule has 0 saturated carbocycles. The highest BCUT2D eigenvalue weighted by Crippen LogP contribution is 2.28. The average Bonchev–Trinajstić information content (AvgIpc) is 3.37. The molecule has 0 bridgehead atoms. The third kappa shape index (κ3) is 4.50. The van der Waals surface area contributed by atoms with Crippen molar-refractivity contribution in [3.63, 3.8) is 0 Å². The fourth-order valence-corrected chi connectivity index (χ4v) is 3.70. The standard InChI is InChI=1S/C20H13FN4O3S2/c21-12-4-1-3-11(9-12)17(26)24-19(29)22-13-6-7-14-16(10-13)30-20(23-14)25-18(27)15-5-2-8-28-15/h1-10H,(H,23,25,27)(H2,22,24,26,29). The Labute approximate surface area is 178 Å². The summed E-state index contributed by atoms with van der Waals surface area (Å²) in [6.07, 6.45) is 1.42. The summed E-state index contributed by atoms with van der Waals surface area (Å²) in [4.78, 5) is 28.6. The molecule has 3 N–H and O–H groups in total. The minimum Gasteiger partial charge on any atom is -0.459 e. The van der Waals surface area contributed by atoms with Crippen molar-refractivity contribution in [3.05, 3.63) is 78.0 Å². The molecule has 4 rings (SSSR count). The molecular formula is C20H13FN4O3S2. The summed E-state index contributed by atoms with van der Waals surface area (Å²) in [5, 5.41) is 8.58. The zero-order valence-electron chi connectivity index (χ0n) is 15.1. The van der Waals surface area contributed by atoms with Crippen LogP contribution < -0.4 is 16.0 Å². The number of fused-ring (bicyclic) bond motifs is 1. The lowest BCUT2D eigenvalue weighted by Gasteiger charge is -2.09. The van der Waals surface area contributed by atoms with Crippen LogP contribution in [-0.2, 0) is 0 Å². The Hall–Kier alpha value is -3.63. The van der Waals surface area contributed by atoms with E-state index in [-0.39, 0.29) is 16.4 Å². The van der Waals surface area contributed by atoms with E-state index in [0.717, 1.165) is 10.8 Å². The number of amides is 2. The van der Waals surface area contributed by atoms with Crippen LogP contribution in [0.5, 0.6) is 0 Å². The highest BCUT2D eigenvalue weighted by atomic mass is 32.1. The molecule has 10 heteroatoms. The molecular weight excluding hydrogens is 427 g/mol. The molecule has 0 atom stereocenters. The Bertz CT molecular complexity index is 1250. The van der Waals surface area contributed by atoms with Crippen molar-refractivity contribution in [2.45, 2.75) is 0 Å². The number of carbonyl (C=O) groups excluding carboxylic acids is 2. The average molecular weight is 440 g/mol. The second-order valence-corrected chi connectivity index (χ2v) is 7.49. The molecule has 2 aromatic heterocycles. The summed E-state index contributed by atoms with van der Waals surface area (Å²) in [6.45, 7) is 0. The molecule has 0 aliphatic carbocycles. The van der Waals surface area contributed by atoms with E-state index in [1.807, 2.05) is 0 Å². The van der Waals surface area contributed by atoms with Gasteiger partial charge in [-0.25, -0.2) is 9.37 Å². The molecule has 7 nitrogen and oxygen atoms in total. The van der Waals surface area contributed by atoms with Gasteiger partial charge in [-0.15, -0.1) is 0 Å². The first-order valence-electron chi connectivity index (χ1n) is 8.61. The number of nitrogens with one attached hydrogen (secondary N) is 3. The Kier molecular flexibility index (Phi) is 5.50. The monoisotopic (exact) mass is 440 g/mol. The van der Waals surface area contributed by atoms with Crippen LogP contribution >= 0.6 is 23.6 Å².